The second-order valence-electron chi connectivity index (χ2n) is 3.80. The Balaban J connectivity index is 3.43. The average Bonchev–Trinajstić information content (AvgIpc) is 2.25. The number of primary sulfonamides is 1. The highest BCUT2D eigenvalue weighted by molar-refractivity contribution is 7.99. The van der Waals surface area contributed by atoms with E-state index < -0.39 is 16.0 Å². The first-order valence-electron chi connectivity index (χ1n) is 5.31. The molecular weight excluding hydrogens is 274 g/mol. The molecule has 0 saturated heterocycles. The zero-order chi connectivity index (χ0) is 13.9. The quantitative estimate of drug-likeness (QED) is 0.806. The normalized spacial score (nSPS) is 11.5. The molecule has 1 aromatic carbocycles. The van der Waals surface area contributed by atoms with Crippen molar-refractivity contribution in [2.24, 2.45) is 5.14 Å². The summed E-state index contributed by atoms with van der Waals surface area (Å²) in [5.41, 5.74) is 0.434. The van der Waals surface area contributed by atoms with E-state index in [0.717, 1.165) is 18.2 Å². The number of nitrogens with two attached hydrogens (primary N) is 1. The van der Waals surface area contributed by atoms with Crippen LogP contribution < -0.4 is 5.14 Å². The van der Waals surface area contributed by atoms with Gasteiger partial charge in [-0.25, -0.2) is 18.4 Å². The van der Waals surface area contributed by atoms with Gasteiger partial charge in [-0.3, -0.25) is 0 Å². The molecule has 0 heterocycles. The number of carboxylic acid groups (broad SMARTS) is 1. The van der Waals surface area contributed by atoms with Crippen molar-refractivity contribution >= 4 is 27.8 Å². The van der Waals surface area contributed by atoms with Crippen LogP contribution in [0.5, 0.6) is 0 Å². The van der Waals surface area contributed by atoms with Crippen molar-refractivity contribution in [2.45, 2.75) is 30.1 Å². The Morgan fingerprint density at radius 2 is 2.06 bits per heavy atom. The molecule has 0 fully saturated rings. The number of rotatable bonds is 5. The molecule has 7 heteroatoms. The molecule has 0 atom stereocenters. The molecule has 0 saturated carbocycles. The molecule has 0 spiro atoms. The molecule has 100 valence electrons. The Kier molecular flexibility index (Phi) is 4.78. The summed E-state index contributed by atoms with van der Waals surface area (Å²) < 4.78 is 22.9. The van der Waals surface area contributed by atoms with E-state index >= 15 is 0 Å². The van der Waals surface area contributed by atoms with Gasteiger partial charge in [-0.2, -0.15) is 0 Å². The number of hydrogen-bond acceptors (Lipinski definition) is 4. The Hall–Kier alpha value is -1.05. The van der Waals surface area contributed by atoms with E-state index in [-0.39, 0.29) is 10.5 Å². The molecule has 18 heavy (non-hydrogen) atoms. The van der Waals surface area contributed by atoms with Crippen molar-refractivity contribution in [1.29, 1.82) is 0 Å². The number of thioether (sulfide) groups is 1. The van der Waals surface area contributed by atoms with Crippen LogP contribution in [-0.4, -0.2) is 25.2 Å². The maximum absolute atomic E-state index is 11.4. The molecular formula is C11H15NO4S2. The molecule has 0 aliphatic carbocycles. The van der Waals surface area contributed by atoms with Gasteiger partial charge in [0.1, 0.15) is 0 Å². The Bertz CT molecular complexity index is 567. The number of benzene rings is 1. The number of aromatic carboxylic acids is 1. The van der Waals surface area contributed by atoms with E-state index in [1.807, 2.05) is 6.92 Å². The van der Waals surface area contributed by atoms with E-state index in [1.54, 1.807) is 6.92 Å². The van der Waals surface area contributed by atoms with Crippen LogP contribution in [0.4, 0.5) is 0 Å². The van der Waals surface area contributed by atoms with Gasteiger partial charge in [-0.05, 0) is 36.8 Å². The summed E-state index contributed by atoms with van der Waals surface area (Å²) in [5, 5.41) is 14.1. The van der Waals surface area contributed by atoms with Crippen LogP contribution in [0.25, 0.3) is 0 Å². The van der Waals surface area contributed by atoms with Crippen LogP contribution in [0.2, 0.25) is 0 Å². The van der Waals surface area contributed by atoms with Crippen molar-refractivity contribution in [2.75, 3.05) is 5.75 Å². The predicted molar refractivity (Wildman–Crippen MR) is 70.5 cm³/mol. The van der Waals surface area contributed by atoms with Crippen molar-refractivity contribution < 1.29 is 18.3 Å². The summed E-state index contributed by atoms with van der Waals surface area (Å²) in [7, 11) is -3.91. The Labute approximate surface area is 110 Å². The highest BCUT2D eigenvalue weighted by atomic mass is 32.2. The smallest absolute Gasteiger partial charge is 0.335 e. The lowest BCUT2D eigenvalue weighted by Crippen LogP contribution is -2.15. The first kappa shape index (κ1) is 15.0. The maximum atomic E-state index is 11.4. The minimum absolute atomic E-state index is 0.0665. The van der Waals surface area contributed by atoms with Gasteiger partial charge < -0.3 is 5.11 Å². The van der Waals surface area contributed by atoms with Gasteiger partial charge in [0.25, 0.3) is 0 Å². The first-order valence-corrected chi connectivity index (χ1v) is 7.84. The lowest BCUT2D eigenvalue weighted by atomic mass is 10.1. The summed E-state index contributed by atoms with van der Waals surface area (Å²) >= 11 is 1.43. The fraction of sp³-hybridized carbons (Fsp3) is 0.364. The fourth-order valence-corrected chi connectivity index (χ4v) is 3.30. The van der Waals surface area contributed by atoms with E-state index in [4.69, 9.17) is 10.2 Å². The second-order valence-corrected chi connectivity index (χ2v) is 6.46. The molecule has 0 radical (unpaired) electrons. The lowest BCUT2D eigenvalue weighted by molar-refractivity contribution is 0.0696. The molecule has 0 bridgehead atoms. The van der Waals surface area contributed by atoms with Crippen molar-refractivity contribution in [3.8, 4) is 0 Å². The molecule has 5 nitrogen and oxygen atoms in total. The Morgan fingerprint density at radius 3 is 2.50 bits per heavy atom. The molecule has 0 amide bonds. The van der Waals surface area contributed by atoms with Gasteiger partial charge in [0.15, 0.2) is 0 Å². The first-order chi connectivity index (χ1) is 8.27. The third kappa shape index (κ3) is 3.47. The molecule has 1 aromatic rings. The summed E-state index contributed by atoms with van der Waals surface area (Å²) in [6.07, 6.45) is 0.909. The van der Waals surface area contributed by atoms with E-state index in [2.05, 4.69) is 0 Å². The van der Waals surface area contributed by atoms with Crippen LogP contribution in [0, 0.1) is 6.92 Å². The molecule has 0 aliphatic rings. The predicted octanol–water partition coefficient (Wildman–Crippen LogP) is 1.84. The topological polar surface area (TPSA) is 97.5 Å². The van der Waals surface area contributed by atoms with Gasteiger partial charge in [0.2, 0.25) is 10.0 Å². The Morgan fingerprint density at radius 1 is 1.44 bits per heavy atom. The van der Waals surface area contributed by atoms with Crippen molar-refractivity contribution in [3.63, 3.8) is 0 Å². The SMILES string of the molecule is CCCSc1cc(C(=O)O)cc(S(N)(=O)=O)c1C. The van der Waals surface area contributed by atoms with Crippen molar-refractivity contribution in [3.05, 3.63) is 23.3 Å². The summed E-state index contributed by atoms with van der Waals surface area (Å²) in [6.45, 7) is 3.62. The second kappa shape index (κ2) is 5.73. The highest BCUT2D eigenvalue weighted by Crippen LogP contribution is 2.29. The molecule has 0 aromatic heterocycles. The van der Waals surface area contributed by atoms with Gasteiger partial charge in [-0.1, -0.05) is 6.92 Å². The maximum Gasteiger partial charge on any atom is 0.335 e. The molecule has 3 N–H and O–H groups in total. The van der Waals surface area contributed by atoms with E-state index in [9.17, 15) is 13.2 Å². The van der Waals surface area contributed by atoms with Gasteiger partial charge in [-0.15, -0.1) is 11.8 Å². The van der Waals surface area contributed by atoms with Gasteiger partial charge >= 0.3 is 5.97 Å². The van der Waals surface area contributed by atoms with Gasteiger partial charge in [0.05, 0.1) is 10.5 Å². The molecule has 0 unspecified atom stereocenters. The minimum Gasteiger partial charge on any atom is -0.478 e. The number of hydrogen-bond donors (Lipinski definition) is 2. The molecule has 1 rings (SSSR count). The van der Waals surface area contributed by atoms with Crippen LogP contribution in [0.1, 0.15) is 29.3 Å². The fourth-order valence-electron chi connectivity index (χ4n) is 1.44. The van der Waals surface area contributed by atoms with E-state index in [0.29, 0.717) is 10.5 Å². The van der Waals surface area contributed by atoms with Crippen LogP contribution >= 0.6 is 11.8 Å². The van der Waals surface area contributed by atoms with Crippen LogP contribution in [0.15, 0.2) is 21.9 Å². The standard InChI is InChI=1S/C11H15NO4S2/c1-3-4-17-9-5-8(11(13)14)6-10(7(9)2)18(12,15)16/h5-6H,3-4H2,1-2H3,(H,13,14)(H2,12,15,16). The average molecular weight is 289 g/mol. The highest BCUT2D eigenvalue weighted by Gasteiger charge is 2.18. The summed E-state index contributed by atoms with van der Waals surface area (Å²) in [5.74, 6) is -0.383. The summed E-state index contributed by atoms with van der Waals surface area (Å²) in [4.78, 5) is 11.5. The summed E-state index contributed by atoms with van der Waals surface area (Å²) in [6, 6.07) is 2.58. The lowest BCUT2D eigenvalue weighted by Gasteiger charge is -2.11. The third-order valence-electron chi connectivity index (χ3n) is 2.33. The zero-order valence-corrected chi connectivity index (χ0v) is 11.8. The van der Waals surface area contributed by atoms with Crippen LogP contribution in [0.3, 0.4) is 0 Å². The molecule has 0 aliphatic heterocycles. The van der Waals surface area contributed by atoms with Gasteiger partial charge in [0, 0.05) is 4.90 Å². The minimum atomic E-state index is -3.91. The van der Waals surface area contributed by atoms with E-state index in [1.165, 1.54) is 17.8 Å². The van der Waals surface area contributed by atoms with Crippen LogP contribution in [-0.2, 0) is 10.0 Å². The zero-order valence-electron chi connectivity index (χ0n) is 10.1. The monoisotopic (exact) mass is 289 g/mol. The number of carbonyl (C=O) groups is 1. The number of sulfonamides is 1. The third-order valence-corrected chi connectivity index (χ3v) is 4.71. The largest absolute Gasteiger partial charge is 0.478 e. The van der Waals surface area contributed by atoms with Crippen molar-refractivity contribution in [1.82, 2.24) is 0 Å². The number of carboxylic acids is 1.